The molecule has 8 nitrogen and oxygen atoms in total. The average Bonchev–Trinajstić information content (AvgIpc) is 3.17. The molecule has 3 aromatic rings. The summed E-state index contributed by atoms with van der Waals surface area (Å²) in [5, 5.41) is 14.5. The van der Waals surface area contributed by atoms with Crippen molar-refractivity contribution in [3.8, 4) is 5.00 Å². The van der Waals surface area contributed by atoms with Crippen molar-refractivity contribution >= 4 is 28.8 Å². The molecule has 0 unspecified atom stereocenters. The summed E-state index contributed by atoms with van der Waals surface area (Å²) >= 11 is 1.44. The van der Waals surface area contributed by atoms with Crippen molar-refractivity contribution in [1.29, 1.82) is 0 Å². The minimum Gasteiger partial charge on any atom is -0.366 e. The van der Waals surface area contributed by atoms with Gasteiger partial charge in [-0.2, -0.15) is 4.68 Å². The van der Waals surface area contributed by atoms with Gasteiger partial charge in [0.05, 0.1) is 5.56 Å². The number of nitrogens with two attached hydrogens (primary N) is 1. The largest absolute Gasteiger partial charge is 0.366 e. The van der Waals surface area contributed by atoms with Gasteiger partial charge in [0.15, 0.2) is 0 Å². The second kappa shape index (κ2) is 6.20. The molecule has 122 valence electrons. The molecular weight excluding hydrogens is 328 g/mol. The molecule has 3 N–H and O–H groups in total. The smallest absolute Gasteiger partial charge is 0.259 e. The Morgan fingerprint density at radius 2 is 1.92 bits per heavy atom. The number of rotatable bonds is 4. The molecule has 0 aliphatic heterocycles. The molecule has 0 saturated carbocycles. The number of nitrogens with zero attached hydrogens (tertiary/aromatic N) is 4. The first-order chi connectivity index (χ1) is 11.5. The second-order valence-corrected chi connectivity index (χ2v) is 6.32. The summed E-state index contributed by atoms with van der Waals surface area (Å²) in [5.74, 6) is -0.785. The van der Waals surface area contributed by atoms with Gasteiger partial charge in [0.2, 0.25) is 5.91 Å². The third-order valence-corrected chi connectivity index (χ3v) is 4.78. The number of amides is 2. The highest BCUT2D eigenvalue weighted by Gasteiger charge is 2.21. The molecule has 0 bridgehead atoms. The van der Waals surface area contributed by atoms with Crippen LogP contribution in [-0.2, 0) is 0 Å². The SMILES string of the molecule is Cc1sc(-n2cnnn2)c(C(=O)Nc2ccc(C(N)=O)cc2)c1C. The maximum Gasteiger partial charge on any atom is 0.259 e. The van der Waals surface area contributed by atoms with Crippen molar-refractivity contribution in [2.24, 2.45) is 5.73 Å². The lowest BCUT2D eigenvalue weighted by Gasteiger charge is -2.07. The highest BCUT2D eigenvalue weighted by atomic mass is 32.1. The maximum atomic E-state index is 12.7. The van der Waals surface area contributed by atoms with Gasteiger partial charge in [0.25, 0.3) is 5.91 Å². The number of primary amides is 1. The van der Waals surface area contributed by atoms with E-state index in [-0.39, 0.29) is 5.91 Å². The third kappa shape index (κ3) is 2.88. The molecule has 0 saturated heterocycles. The molecule has 2 amide bonds. The number of nitrogens with one attached hydrogen (secondary N) is 1. The van der Waals surface area contributed by atoms with Gasteiger partial charge in [0, 0.05) is 16.1 Å². The van der Waals surface area contributed by atoms with Crippen molar-refractivity contribution in [3.05, 3.63) is 52.2 Å². The number of carbonyl (C=O) groups excluding carboxylic acids is 2. The van der Waals surface area contributed by atoms with Gasteiger partial charge in [-0.3, -0.25) is 9.59 Å². The summed E-state index contributed by atoms with van der Waals surface area (Å²) in [6.07, 6.45) is 1.45. The molecule has 2 heterocycles. The molecule has 3 rings (SSSR count). The first-order valence-corrected chi connectivity index (χ1v) is 7.83. The van der Waals surface area contributed by atoms with E-state index in [1.165, 1.54) is 22.3 Å². The van der Waals surface area contributed by atoms with Crippen molar-refractivity contribution < 1.29 is 9.59 Å². The van der Waals surface area contributed by atoms with Crippen LogP contribution in [0, 0.1) is 13.8 Å². The molecule has 0 atom stereocenters. The van der Waals surface area contributed by atoms with Crippen molar-refractivity contribution in [2.75, 3.05) is 5.32 Å². The van der Waals surface area contributed by atoms with Gasteiger partial charge in [0.1, 0.15) is 11.3 Å². The molecule has 0 aliphatic rings. The lowest BCUT2D eigenvalue weighted by Crippen LogP contribution is -2.15. The molecule has 0 spiro atoms. The molecule has 0 fully saturated rings. The van der Waals surface area contributed by atoms with Crippen LogP contribution in [0.25, 0.3) is 5.00 Å². The summed E-state index contributed by atoms with van der Waals surface area (Å²) in [5.41, 5.74) is 7.54. The Balaban J connectivity index is 1.91. The van der Waals surface area contributed by atoms with E-state index in [1.54, 1.807) is 24.3 Å². The fourth-order valence-corrected chi connectivity index (χ4v) is 3.27. The maximum absolute atomic E-state index is 12.7. The quantitative estimate of drug-likeness (QED) is 0.748. The first-order valence-electron chi connectivity index (χ1n) is 7.02. The number of tetrazole rings is 1. The molecule has 9 heteroatoms. The molecule has 24 heavy (non-hydrogen) atoms. The van der Waals surface area contributed by atoms with Crippen molar-refractivity contribution in [1.82, 2.24) is 20.2 Å². The van der Waals surface area contributed by atoms with E-state index >= 15 is 0 Å². The highest BCUT2D eigenvalue weighted by Crippen LogP contribution is 2.30. The van der Waals surface area contributed by atoms with E-state index in [9.17, 15) is 9.59 Å². The van der Waals surface area contributed by atoms with Gasteiger partial charge in [-0.15, -0.1) is 16.4 Å². The number of aromatic nitrogens is 4. The fourth-order valence-electron chi connectivity index (χ4n) is 2.20. The van der Waals surface area contributed by atoms with Gasteiger partial charge in [-0.1, -0.05) is 0 Å². The number of hydrogen-bond acceptors (Lipinski definition) is 6. The number of carbonyl (C=O) groups is 2. The second-order valence-electron chi connectivity index (χ2n) is 5.11. The molecule has 0 radical (unpaired) electrons. The van der Waals surface area contributed by atoms with Crippen LogP contribution in [0.5, 0.6) is 0 Å². The molecule has 1 aromatic carbocycles. The van der Waals surface area contributed by atoms with Crippen LogP contribution in [0.4, 0.5) is 5.69 Å². The van der Waals surface area contributed by atoms with E-state index in [4.69, 9.17) is 5.73 Å². The Morgan fingerprint density at radius 1 is 1.21 bits per heavy atom. The summed E-state index contributed by atoms with van der Waals surface area (Å²) in [6.45, 7) is 3.82. The summed E-state index contributed by atoms with van der Waals surface area (Å²) in [7, 11) is 0. The Kier molecular flexibility index (Phi) is 4.09. The zero-order chi connectivity index (χ0) is 17.3. The normalized spacial score (nSPS) is 10.6. The zero-order valence-corrected chi connectivity index (χ0v) is 13.8. The van der Waals surface area contributed by atoms with Gasteiger partial charge in [-0.25, -0.2) is 0 Å². The van der Waals surface area contributed by atoms with Crippen molar-refractivity contribution in [2.45, 2.75) is 13.8 Å². The van der Waals surface area contributed by atoms with Crippen LogP contribution in [0.2, 0.25) is 0 Å². The Bertz CT molecular complexity index is 899. The zero-order valence-electron chi connectivity index (χ0n) is 13.0. The van der Waals surface area contributed by atoms with E-state index in [0.717, 1.165) is 10.4 Å². The van der Waals surface area contributed by atoms with E-state index < -0.39 is 5.91 Å². The number of benzene rings is 1. The Hall–Kier alpha value is -3.07. The molecular formula is C15H14N6O2S. The topological polar surface area (TPSA) is 116 Å². The van der Waals surface area contributed by atoms with E-state index in [2.05, 4.69) is 20.8 Å². The molecule has 2 aromatic heterocycles. The van der Waals surface area contributed by atoms with Crippen LogP contribution in [0.15, 0.2) is 30.6 Å². The fraction of sp³-hybridized carbons (Fsp3) is 0.133. The minimum atomic E-state index is -0.516. The number of hydrogen-bond donors (Lipinski definition) is 2. The van der Waals surface area contributed by atoms with Crippen LogP contribution < -0.4 is 11.1 Å². The summed E-state index contributed by atoms with van der Waals surface area (Å²) in [4.78, 5) is 24.8. The Labute approximate surface area is 141 Å². The van der Waals surface area contributed by atoms with Gasteiger partial charge >= 0.3 is 0 Å². The highest BCUT2D eigenvalue weighted by molar-refractivity contribution is 7.15. The average molecular weight is 342 g/mol. The summed E-state index contributed by atoms with van der Waals surface area (Å²) in [6, 6.07) is 6.38. The first kappa shape index (κ1) is 15.8. The number of thiophene rings is 1. The third-order valence-electron chi connectivity index (χ3n) is 3.58. The predicted molar refractivity (Wildman–Crippen MR) is 89.4 cm³/mol. The predicted octanol–water partition coefficient (Wildman–Crippen LogP) is 1.69. The monoisotopic (exact) mass is 342 g/mol. The van der Waals surface area contributed by atoms with Gasteiger partial charge in [-0.05, 0) is 54.1 Å². The molecule has 0 aliphatic carbocycles. The van der Waals surface area contributed by atoms with E-state index in [0.29, 0.717) is 21.8 Å². The minimum absolute atomic E-state index is 0.269. The van der Waals surface area contributed by atoms with Gasteiger partial charge < -0.3 is 11.1 Å². The van der Waals surface area contributed by atoms with Crippen LogP contribution in [0.1, 0.15) is 31.2 Å². The lowest BCUT2D eigenvalue weighted by atomic mass is 10.1. The lowest BCUT2D eigenvalue weighted by molar-refractivity contribution is 0.0998. The van der Waals surface area contributed by atoms with Crippen LogP contribution >= 0.6 is 11.3 Å². The standard InChI is InChI=1S/C15H14N6O2S/c1-8-9(2)24-15(21-7-17-19-20-21)12(8)14(23)18-11-5-3-10(4-6-11)13(16)22/h3-7H,1-2H3,(H2,16,22)(H,18,23). The van der Waals surface area contributed by atoms with Crippen LogP contribution in [-0.4, -0.2) is 32.0 Å². The number of anilines is 1. The van der Waals surface area contributed by atoms with Crippen molar-refractivity contribution in [3.63, 3.8) is 0 Å². The number of aryl methyl sites for hydroxylation is 1. The summed E-state index contributed by atoms with van der Waals surface area (Å²) < 4.78 is 1.47. The van der Waals surface area contributed by atoms with E-state index in [1.807, 2.05) is 13.8 Å². The van der Waals surface area contributed by atoms with Crippen LogP contribution in [0.3, 0.4) is 0 Å². The Morgan fingerprint density at radius 3 is 2.50 bits per heavy atom.